The molecule has 0 aliphatic carbocycles. The number of hydrogen-bond acceptors (Lipinski definition) is 7. The number of nitrogens with one attached hydrogen (secondary N) is 2. The van der Waals surface area contributed by atoms with Crippen molar-refractivity contribution in [2.75, 3.05) is 13.1 Å². The molecule has 180 valence electrons. The summed E-state index contributed by atoms with van der Waals surface area (Å²) in [4.78, 5) is 70.7. The van der Waals surface area contributed by atoms with Crippen molar-refractivity contribution in [3.8, 4) is 0 Å². The van der Waals surface area contributed by atoms with Crippen LogP contribution < -0.4 is 11.1 Å². The van der Waals surface area contributed by atoms with Crippen molar-refractivity contribution in [1.29, 1.82) is 0 Å². The fraction of sp³-hybridized carbons (Fsp3) is 0.600. The van der Waals surface area contributed by atoms with E-state index >= 15 is 0 Å². The van der Waals surface area contributed by atoms with E-state index in [4.69, 9.17) is 10.8 Å². The van der Waals surface area contributed by atoms with Gasteiger partial charge in [-0.05, 0) is 25.7 Å². The molecule has 33 heavy (non-hydrogen) atoms. The second-order valence-electron chi connectivity index (χ2n) is 8.26. The average molecular weight is 464 g/mol. The number of carboxylic acids is 2. The Morgan fingerprint density at radius 2 is 1.73 bits per heavy atom. The average Bonchev–Trinajstić information content (AvgIpc) is 3.52. The molecule has 2 fully saturated rings. The van der Waals surface area contributed by atoms with Crippen LogP contribution in [0.1, 0.15) is 37.8 Å². The van der Waals surface area contributed by atoms with E-state index in [1.165, 1.54) is 22.3 Å². The molecule has 0 radical (unpaired) electrons. The first-order valence-electron chi connectivity index (χ1n) is 10.8. The van der Waals surface area contributed by atoms with Crippen molar-refractivity contribution in [1.82, 2.24) is 25.1 Å². The monoisotopic (exact) mass is 464 g/mol. The fourth-order valence-electron chi connectivity index (χ4n) is 4.36. The minimum absolute atomic E-state index is 0.0621. The maximum Gasteiger partial charge on any atom is 0.326 e. The summed E-state index contributed by atoms with van der Waals surface area (Å²) in [7, 11) is 0. The number of H-pyrrole nitrogens is 1. The molecule has 0 spiro atoms. The molecule has 3 amide bonds. The summed E-state index contributed by atoms with van der Waals surface area (Å²) in [6, 6.07) is -4.21. The molecule has 2 aliphatic heterocycles. The number of nitrogens with zero attached hydrogens (tertiary/aromatic N) is 3. The van der Waals surface area contributed by atoms with Gasteiger partial charge in [0.25, 0.3) is 0 Å². The molecule has 0 bridgehead atoms. The maximum absolute atomic E-state index is 13.2. The molecule has 0 saturated carbocycles. The first-order valence-corrected chi connectivity index (χ1v) is 10.8. The Morgan fingerprint density at radius 3 is 2.30 bits per heavy atom. The summed E-state index contributed by atoms with van der Waals surface area (Å²) in [6.45, 7) is 0.514. The Morgan fingerprint density at radius 1 is 1.09 bits per heavy atom. The molecule has 13 heteroatoms. The van der Waals surface area contributed by atoms with E-state index in [1.54, 1.807) is 0 Å². The summed E-state index contributed by atoms with van der Waals surface area (Å²) in [5.74, 6) is -4.07. The highest BCUT2D eigenvalue weighted by molar-refractivity contribution is 5.95. The molecule has 2 aliphatic rings. The molecule has 1 aromatic rings. The van der Waals surface area contributed by atoms with Gasteiger partial charge in [-0.2, -0.15) is 0 Å². The molecular formula is C20H28N6O7. The van der Waals surface area contributed by atoms with Gasteiger partial charge in [0, 0.05) is 31.4 Å². The van der Waals surface area contributed by atoms with Crippen LogP contribution in [0.4, 0.5) is 0 Å². The third kappa shape index (κ3) is 5.66. The van der Waals surface area contributed by atoms with Crippen LogP contribution in [0.15, 0.2) is 12.5 Å². The number of imidazole rings is 1. The zero-order valence-corrected chi connectivity index (χ0v) is 18.0. The largest absolute Gasteiger partial charge is 0.481 e. The zero-order valence-electron chi connectivity index (χ0n) is 18.0. The van der Waals surface area contributed by atoms with E-state index in [2.05, 4.69) is 15.3 Å². The van der Waals surface area contributed by atoms with E-state index in [9.17, 15) is 29.1 Å². The van der Waals surface area contributed by atoms with E-state index in [0.717, 1.165) is 0 Å². The molecule has 3 rings (SSSR count). The first-order chi connectivity index (χ1) is 15.7. The van der Waals surface area contributed by atoms with Crippen LogP contribution in [-0.2, 0) is 30.4 Å². The zero-order chi connectivity index (χ0) is 24.1. The number of rotatable bonds is 9. The van der Waals surface area contributed by atoms with Gasteiger partial charge in [0.15, 0.2) is 0 Å². The highest BCUT2D eigenvalue weighted by Crippen LogP contribution is 2.22. The van der Waals surface area contributed by atoms with Crippen LogP contribution in [0.2, 0.25) is 0 Å². The fourth-order valence-corrected chi connectivity index (χ4v) is 4.36. The normalized spacial score (nSPS) is 22.1. The number of aromatic amines is 1. The quantitative estimate of drug-likeness (QED) is 0.283. The van der Waals surface area contributed by atoms with Crippen LogP contribution in [0, 0.1) is 0 Å². The van der Waals surface area contributed by atoms with Crippen LogP contribution >= 0.6 is 0 Å². The predicted molar refractivity (Wildman–Crippen MR) is 112 cm³/mol. The van der Waals surface area contributed by atoms with Gasteiger partial charge in [0.2, 0.25) is 17.7 Å². The van der Waals surface area contributed by atoms with E-state index in [0.29, 0.717) is 31.4 Å². The second-order valence-corrected chi connectivity index (χ2v) is 8.26. The van der Waals surface area contributed by atoms with Gasteiger partial charge in [0.1, 0.15) is 18.1 Å². The number of amides is 3. The SMILES string of the molecule is NC(CC(=O)O)C(=O)N1CCCC1C(=O)NC(Cc1cnc[nH]1)C(=O)N1CCCC1C(=O)O. The van der Waals surface area contributed by atoms with E-state index < -0.39 is 60.2 Å². The molecular weight excluding hydrogens is 436 g/mol. The Labute approximate surface area is 189 Å². The van der Waals surface area contributed by atoms with Crippen LogP contribution in [-0.4, -0.2) is 96.9 Å². The van der Waals surface area contributed by atoms with Crippen molar-refractivity contribution in [3.05, 3.63) is 18.2 Å². The van der Waals surface area contributed by atoms with Gasteiger partial charge < -0.3 is 36.0 Å². The lowest BCUT2D eigenvalue weighted by Crippen LogP contribution is -2.57. The summed E-state index contributed by atoms with van der Waals surface area (Å²) in [5.41, 5.74) is 6.27. The minimum Gasteiger partial charge on any atom is -0.481 e. The highest BCUT2D eigenvalue weighted by Gasteiger charge is 2.41. The molecule has 6 N–H and O–H groups in total. The molecule has 4 unspecified atom stereocenters. The summed E-state index contributed by atoms with van der Waals surface area (Å²) >= 11 is 0. The molecule has 0 aromatic carbocycles. The Hall–Kier alpha value is -3.48. The van der Waals surface area contributed by atoms with Crippen molar-refractivity contribution in [3.63, 3.8) is 0 Å². The van der Waals surface area contributed by atoms with Crippen molar-refractivity contribution in [2.45, 2.75) is 62.7 Å². The highest BCUT2D eigenvalue weighted by atomic mass is 16.4. The number of carbonyl (C=O) groups excluding carboxylic acids is 3. The minimum atomic E-state index is -1.28. The summed E-state index contributed by atoms with van der Waals surface area (Å²) in [6.07, 6.45) is 4.16. The third-order valence-corrected chi connectivity index (χ3v) is 5.96. The number of aromatic nitrogens is 2. The number of hydrogen-bond donors (Lipinski definition) is 5. The van der Waals surface area contributed by atoms with Crippen molar-refractivity contribution in [2.24, 2.45) is 5.73 Å². The van der Waals surface area contributed by atoms with E-state index in [1.807, 2.05) is 0 Å². The number of aliphatic carboxylic acids is 2. The lowest BCUT2D eigenvalue weighted by molar-refractivity contribution is -0.149. The van der Waals surface area contributed by atoms with Crippen LogP contribution in [0.3, 0.4) is 0 Å². The van der Waals surface area contributed by atoms with Gasteiger partial charge in [-0.15, -0.1) is 0 Å². The molecule has 1 aromatic heterocycles. The Bertz CT molecular complexity index is 905. The maximum atomic E-state index is 13.2. The number of nitrogens with two attached hydrogens (primary N) is 1. The second kappa shape index (κ2) is 10.4. The van der Waals surface area contributed by atoms with Gasteiger partial charge in [-0.25, -0.2) is 9.78 Å². The standard InChI is InChI=1S/C20H28N6O7/c21-12(8-16(27)28)18(30)25-5-1-3-14(25)17(29)24-13(7-11-9-22-10-23-11)19(31)26-6-2-4-15(26)20(32)33/h9-10,12-15H,1-8,21H2,(H,22,23)(H,24,29)(H,27,28)(H,32,33). The summed E-state index contributed by atoms with van der Waals surface area (Å²) < 4.78 is 0. The Kier molecular flexibility index (Phi) is 7.63. The number of carboxylic acid groups (broad SMARTS) is 2. The topological polar surface area (TPSA) is 199 Å². The van der Waals surface area contributed by atoms with Gasteiger partial charge >= 0.3 is 11.9 Å². The van der Waals surface area contributed by atoms with Crippen molar-refractivity contribution < 1.29 is 34.2 Å². The smallest absolute Gasteiger partial charge is 0.326 e. The predicted octanol–water partition coefficient (Wildman–Crippen LogP) is -1.69. The van der Waals surface area contributed by atoms with Gasteiger partial charge in [-0.1, -0.05) is 0 Å². The molecule has 2 saturated heterocycles. The Balaban J connectivity index is 1.75. The van der Waals surface area contributed by atoms with Gasteiger partial charge in [-0.3, -0.25) is 19.2 Å². The molecule has 3 heterocycles. The van der Waals surface area contributed by atoms with Crippen molar-refractivity contribution >= 4 is 29.7 Å². The summed E-state index contributed by atoms with van der Waals surface area (Å²) in [5, 5.41) is 21.0. The van der Waals surface area contributed by atoms with Crippen LogP contribution in [0.25, 0.3) is 0 Å². The van der Waals surface area contributed by atoms with E-state index in [-0.39, 0.29) is 19.5 Å². The van der Waals surface area contributed by atoms with Crippen LogP contribution in [0.5, 0.6) is 0 Å². The number of likely N-dealkylation sites (tertiary alicyclic amines) is 2. The third-order valence-electron chi connectivity index (χ3n) is 5.96. The number of carbonyl (C=O) groups is 5. The lowest BCUT2D eigenvalue weighted by atomic mass is 10.1. The molecule has 4 atom stereocenters. The lowest BCUT2D eigenvalue weighted by Gasteiger charge is -2.30. The first kappa shape index (κ1) is 24.2. The molecule has 13 nitrogen and oxygen atoms in total. The van der Waals surface area contributed by atoms with Gasteiger partial charge in [0.05, 0.1) is 18.8 Å².